The van der Waals surface area contributed by atoms with Gasteiger partial charge in [-0.3, -0.25) is 9.97 Å². The van der Waals surface area contributed by atoms with Crippen molar-refractivity contribution >= 4 is 21.9 Å². The van der Waals surface area contributed by atoms with Crippen LogP contribution in [0, 0.1) is 0 Å². The maximum Gasteiger partial charge on any atom is 0.164 e. The Kier molecular flexibility index (Phi) is 9.02. The minimum absolute atomic E-state index is 0.597. The lowest BCUT2D eigenvalue weighted by Gasteiger charge is -2.11. The van der Waals surface area contributed by atoms with Crippen molar-refractivity contribution < 1.29 is 4.42 Å². The van der Waals surface area contributed by atoms with Gasteiger partial charge in [-0.05, 0) is 58.7 Å². The van der Waals surface area contributed by atoms with Crippen molar-refractivity contribution in [1.29, 1.82) is 0 Å². The molecule has 0 amide bonds. The van der Waals surface area contributed by atoms with E-state index in [-0.39, 0.29) is 0 Å². The summed E-state index contributed by atoms with van der Waals surface area (Å²) < 4.78 is 6.94. The molecule has 11 rings (SSSR count). The molecule has 0 N–H and O–H groups in total. The molecule has 286 valence electrons. The summed E-state index contributed by atoms with van der Waals surface area (Å²) in [6, 6.07) is 65.5. The zero-order chi connectivity index (χ0) is 40.5. The second kappa shape index (κ2) is 15.4. The van der Waals surface area contributed by atoms with E-state index in [0.717, 1.165) is 89.0 Å². The second-order valence-corrected chi connectivity index (χ2v) is 14.7. The lowest BCUT2D eigenvalue weighted by atomic mass is 9.96. The van der Waals surface area contributed by atoms with Gasteiger partial charge in [0.15, 0.2) is 23.2 Å². The average molecular weight is 783 g/mol. The monoisotopic (exact) mass is 782 g/mol. The van der Waals surface area contributed by atoms with Crippen LogP contribution in [0.5, 0.6) is 0 Å². The van der Waals surface area contributed by atoms with E-state index in [1.165, 1.54) is 0 Å². The highest BCUT2D eigenvalue weighted by Crippen LogP contribution is 2.46. The minimum atomic E-state index is 0.597. The fourth-order valence-corrected chi connectivity index (χ4v) is 7.86. The molecule has 61 heavy (non-hydrogen) atoms. The van der Waals surface area contributed by atoms with Crippen molar-refractivity contribution in [3.8, 4) is 90.4 Å². The molecule has 0 unspecified atom stereocenters. The Bertz CT molecular complexity index is 3300. The Morgan fingerprint density at radius 3 is 1.34 bits per heavy atom. The van der Waals surface area contributed by atoms with E-state index in [1.54, 1.807) is 12.4 Å². The molecule has 0 radical (unpaired) electrons. The van der Waals surface area contributed by atoms with Gasteiger partial charge in [-0.25, -0.2) is 19.9 Å². The van der Waals surface area contributed by atoms with Crippen LogP contribution in [0.15, 0.2) is 211 Å². The molecule has 7 heteroatoms. The fourth-order valence-electron chi connectivity index (χ4n) is 7.86. The maximum atomic E-state index is 6.94. The number of furan rings is 1. The van der Waals surface area contributed by atoms with Gasteiger partial charge >= 0.3 is 0 Å². The third-order valence-electron chi connectivity index (χ3n) is 10.9. The molecule has 0 spiro atoms. The number of hydrogen-bond acceptors (Lipinski definition) is 7. The highest BCUT2D eigenvalue weighted by Gasteiger charge is 2.26. The molecule has 0 atom stereocenters. The fraction of sp³-hybridized carbons (Fsp3) is 0. The predicted octanol–water partition coefficient (Wildman–Crippen LogP) is 13.3. The average Bonchev–Trinajstić information content (AvgIpc) is 3.76. The highest BCUT2D eigenvalue weighted by atomic mass is 16.3. The van der Waals surface area contributed by atoms with E-state index < -0.39 is 0 Å². The molecule has 0 aliphatic heterocycles. The van der Waals surface area contributed by atoms with Gasteiger partial charge in [-0.2, -0.15) is 0 Å². The first-order chi connectivity index (χ1) is 30.2. The van der Waals surface area contributed by atoms with Gasteiger partial charge in [0.25, 0.3) is 0 Å². The van der Waals surface area contributed by atoms with E-state index in [1.807, 2.05) is 91.0 Å². The number of fused-ring (bicyclic) bond motifs is 3. The number of aromatic nitrogens is 6. The lowest BCUT2D eigenvalue weighted by molar-refractivity contribution is 0.632. The third-order valence-corrected chi connectivity index (χ3v) is 10.9. The van der Waals surface area contributed by atoms with Crippen LogP contribution in [0.1, 0.15) is 0 Å². The van der Waals surface area contributed by atoms with Gasteiger partial charge < -0.3 is 4.42 Å². The summed E-state index contributed by atoms with van der Waals surface area (Å²) in [4.78, 5) is 29.8. The van der Waals surface area contributed by atoms with Crippen molar-refractivity contribution in [2.45, 2.75) is 0 Å². The van der Waals surface area contributed by atoms with Gasteiger partial charge in [-0.15, -0.1) is 0 Å². The molecule has 5 heterocycles. The number of rotatable bonds is 8. The molecule has 0 bridgehead atoms. The standard InChI is InChI=1S/C54H34N6O/c1-4-14-35(15-5-1)36-22-26-40(27-23-36)53-58-52(39-18-8-3-9-19-39)59-54(60-53)41-28-24-37(25-29-41)42-30-31-44-43(34-42)50-48(49(57-44)38-16-6-2-7-17-38)47(45-20-10-12-32-55-45)51(61-50)46-21-11-13-33-56-46/h1-34H. The van der Waals surface area contributed by atoms with Gasteiger partial charge in [0.2, 0.25) is 0 Å². The lowest BCUT2D eigenvalue weighted by Crippen LogP contribution is -2.00. The zero-order valence-corrected chi connectivity index (χ0v) is 32.7. The number of benzene rings is 6. The molecule has 0 saturated carbocycles. The Morgan fingerprint density at radius 2 is 0.787 bits per heavy atom. The summed E-state index contributed by atoms with van der Waals surface area (Å²) in [5.41, 5.74) is 12.8. The molecule has 0 aliphatic rings. The normalized spacial score (nSPS) is 11.3. The van der Waals surface area contributed by atoms with Crippen molar-refractivity contribution in [1.82, 2.24) is 29.9 Å². The predicted molar refractivity (Wildman–Crippen MR) is 244 cm³/mol. The number of nitrogens with zero attached hydrogens (tertiary/aromatic N) is 6. The summed E-state index contributed by atoms with van der Waals surface area (Å²) >= 11 is 0. The molecule has 0 fully saturated rings. The Balaban J connectivity index is 1.02. The van der Waals surface area contributed by atoms with Gasteiger partial charge in [0.05, 0.1) is 27.9 Å². The maximum absolute atomic E-state index is 6.94. The van der Waals surface area contributed by atoms with Crippen LogP contribution in [0.3, 0.4) is 0 Å². The van der Waals surface area contributed by atoms with Gasteiger partial charge in [-0.1, -0.05) is 158 Å². The summed E-state index contributed by atoms with van der Waals surface area (Å²) in [7, 11) is 0. The van der Waals surface area contributed by atoms with Crippen LogP contribution < -0.4 is 0 Å². The molecular weight excluding hydrogens is 749 g/mol. The first kappa shape index (κ1) is 35.7. The van der Waals surface area contributed by atoms with Crippen LogP contribution in [0.4, 0.5) is 0 Å². The zero-order valence-electron chi connectivity index (χ0n) is 32.7. The Hall–Kier alpha value is -8.42. The SMILES string of the molecule is c1ccc(-c2ccc(-c3nc(-c4ccccc4)nc(-c4ccc(-c5ccc6nc(-c7ccccc7)c7c(-c8ccccn8)c(-c8ccccn8)oc7c6c5)cc4)n3)cc2)cc1. The first-order valence-electron chi connectivity index (χ1n) is 20.1. The smallest absolute Gasteiger partial charge is 0.164 e. The van der Waals surface area contributed by atoms with Crippen LogP contribution in [0.25, 0.3) is 112 Å². The second-order valence-electron chi connectivity index (χ2n) is 14.7. The van der Waals surface area contributed by atoms with Gasteiger partial charge in [0.1, 0.15) is 11.3 Å². The Morgan fingerprint density at radius 1 is 0.344 bits per heavy atom. The Labute approximate surface area is 351 Å². The van der Waals surface area contributed by atoms with Crippen molar-refractivity contribution in [3.05, 3.63) is 207 Å². The summed E-state index contributed by atoms with van der Waals surface area (Å²) in [6.07, 6.45) is 3.59. The summed E-state index contributed by atoms with van der Waals surface area (Å²) in [6.45, 7) is 0. The molecule has 7 nitrogen and oxygen atoms in total. The van der Waals surface area contributed by atoms with Gasteiger partial charge in [0, 0.05) is 40.0 Å². The molecule has 0 saturated heterocycles. The molecule has 5 aromatic heterocycles. The van der Waals surface area contributed by atoms with Crippen molar-refractivity contribution in [3.63, 3.8) is 0 Å². The molecular formula is C54H34N6O. The van der Waals surface area contributed by atoms with Crippen LogP contribution in [0.2, 0.25) is 0 Å². The summed E-state index contributed by atoms with van der Waals surface area (Å²) in [5, 5.41) is 1.78. The van der Waals surface area contributed by atoms with Crippen molar-refractivity contribution in [2.24, 2.45) is 0 Å². The topological polar surface area (TPSA) is 90.5 Å². The quantitative estimate of drug-likeness (QED) is 0.152. The van der Waals surface area contributed by atoms with E-state index in [4.69, 9.17) is 34.3 Å². The first-order valence-corrected chi connectivity index (χ1v) is 20.1. The van der Waals surface area contributed by atoms with E-state index in [2.05, 4.69) is 103 Å². The minimum Gasteiger partial charge on any atom is -0.453 e. The van der Waals surface area contributed by atoms with Crippen LogP contribution >= 0.6 is 0 Å². The summed E-state index contributed by atoms with van der Waals surface area (Å²) in [5.74, 6) is 2.47. The van der Waals surface area contributed by atoms with E-state index in [9.17, 15) is 0 Å². The largest absolute Gasteiger partial charge is 0.453 e. The van der Waals surface area contributed by atoms with Crippen molar-refractivity contribution in [2.75, 3.05) is 0 Å². The molecule has 11 aromatic rings. The third kappa shape index (κ3) is 6.80. The van der Waals surface area contributed by atoms with E-state index in [0.29, 0.717) is 23.2 Å². The highest BCUT2D eigenvalue weighted by molar-refractivity contribution is 6.16. The molecule has 0 aliphatic carbocycles. The van der Waals surface area contributed by atoms with Crippen LogP contribution in [-0.4, -0.2) is 29.9 Å². The number of hydrogen-bond donors (Lipinski definition) is 0. The molecule has 6 aromatic carbocycles. The number of pyridine rings is 3. The van der Waals surface area contributed by atoms with Crippen LogP contribution in [-0.2, 0) is 0 Å². The van der Waals surface area contributed by atoms with E-state index >= 15 is 0 Å².